The largest absolute Gasteiger partial charge is 0.490 e. The van der Waals surface area contributed by atoms with Crippen molar-refractivity contribution in [1.82, 2.24) is 5.32 Å². The molecular weight excluding hydrogens is 412 g/mol. The van der Waals surface area contributed by atoms with E-state index in [1.807, 2.05) is 31.2 Å². The maximum atomic E-state index is 13.2. The minimum absolute atomic E-state index is 0.0182. The molecule has 7 heteroatoms. The molecule has 160 valence electrons. The van der Waals surface area contributed by atoms with Gasteiger partial charge in [0.15, 0.2) is 16.6 Å². The highest BCUT2D eigenvalue weighted by Gasteiger charge is 2.34. The summed E-state index contributed by atoms with van der Waals surface area (Å²) in [6, 6.07) is 12.7. The highest BCUT2D eigenvalue weighted by Crippen LogP contribution is 2.30. The van der Waals surface area contributed by atoms with Crippen LogP contribution in [0.25, 0.3) is 6.08 Å². The predicted octanol–water partition coefficient (Wildman–Crippen LogP) is 4.04. The summed E-state index contributed by atoms with van der Waals surface area (Å²) in [6.07, 6.45) is 4.04. The van der Waals surface area contributed by atoms with Gasteiger partial charge in [-0.3, -0.25) is 19.8 Å². The molecule has 0 bridgehead atoms. The topological polar surface area (TPSA) is 67.9 Å². The predicted molar refractivity (Wildman–Crippen MR) is 125 cm³/mol. The molecule has 1 heterocycles. The third-order valence-corrected chi connectivity index (χ3v) is 4.92. The van der Waals surface area contributed by atoms with Crippen LogP contribution in [0.4, 0.5) is 5.69 Å². The van der Waals surface area contributed by atoms with E-state index in [4.69, 9.17) is 21.7 Å². The first kappa shape index (κ1) is 22.2. The number of benzene rings is 2. The third kappa shape index (κ3) is 5.00. The zero-order valence-electron chi connectivity index (χ0n) is 17.5. The van der Waals surface area contributed by atoms with Gasteiger partial charge >= 0.3 is 0 Å². The van der Waals surface area contributed by atoms with Gasteiger partial charge < -0.3 is 9.47 Å². The van der Waals surface area contributed by atoms with Gasteiger partial charge in [-0.05, 0) is 67.0 Å². The van der Waals surface area contributed by atoms with Crippen molar-refractivity contribution in [2.24, 2.45) is 0 Å². The van der Waals surface area contributed by atoms with Crippen LogP contribution in [0.2, 0.25) is 0 Å². The highest BCUT2D eigenvalue weighted by atomic mass is 32.1. The Hall–Kier alpha value is -3.45. The molecule has 0 radical (unpaired) electrons. The number of hydrogen-bond acceptors (Lipinski definition) is 5. The molecule has 31 heavy (non-hydrogen) atoms. The molecule has 2 aromatic rings. The van der Waals surface area contributed by atoms with Gasteiger partial charge in [-0.25, -0.2) is 0 Å². The summed E-state index contributed by atoms with van der Waals surface area (Å²) in [6.45, 7) is 8.34. The lowest BCUT2D eigenvalue weighted by molar-refractivity contribution is -0.122. The molecule has 0 aliphatic carbocycles. The fourth-order valence-corrected chi connectivity index (χ4v) is 3.37. The van der Waals surface area contributed by atoms with Gasteiger partial charge in [0, 0.05) is 0 Å². The third-order valence-electron chi connectivity index (χ3n) is 4.64. The van der Waals surface area contributed by atoms with Crippen LogP contribution >= 0.6 is 12.2 Å². The lowest BCUT2D eigenvalue weighted by Gasteiger charge is -2.29. The van der Waals surface area contributed by atoms with E-state index in [1.54, 1.807) is 24.3 Å². The Morgan fingerprint density at radius 2 is 1.81 bits per heavy atom. The minimum Gasteiger partial charge on any atom is -0.490 e. The number of ether oxygens (including phenoxy) is 2. The number of nitrogens with zero attached hydrogens (tertiary/aromatic N) is 1. The van der Waals surface area contributed by atoms with Gasteiger partial charge in [0.05, 0.1) is 12.3 Å². The SMILES string of the molecule is C=CCOc1ccc(C=C2C(=O)NC(=S)N(c3ccc(CC)cc3)C2=O)cc1OCC. The molecule has 1 saturated heterocycles. The van der Waals surface area contributed by atoms with E-state index >= 15 is 0 Å². The van der Waals surface area contributed by atoms with E-state index in [2.05, 4.69) is 18.8 Å². The van der Waals surface area contributed by atoms with Crippen LogP contribution in [0.1, 0.15) is 25.0 Å². The Labute approximate surface area is 187 Å². The van der Waals surface area contributed by atoms with Crippen molar-refractivity contribution in [2.45, 2.75) is 20.3 Å². The number of carbonyl (C=O) groups excluding carboxylic acids is 2. The number of carbonyl (C=O) groups is 2. The summed E-state index contributed by atoms with van der Waals surface area (Å²) in [5.41, 5.74) is 2.35. The van der Waals surface area contributed by atoms with Gasteiger partial charge in [0.25, 0.3) is 11.8 Å². The van der Waals surface area contributed by atoms with Crippen LogP contribution in [-0.2, 0) is 16.0 Å². The van der Waals surface area contributed by atoms with E-state index in [9.17, 15) is 9.59 Å². The lowest BCUT2D eigenvalue weighted by Crippen LogP contribution is -2.54. The van der Waals surface area contributed by atoms with Crippen LogP contribution in [0, 0.1) is 0 Å². The molecular formula is C24H24N2O4S. The van der Waals surface area contributed by atoms with E-state index in [0.29, 0.717) is 36.0 Å². The zero-order chi connectivity index (χ0) is 22.4. The van der Waals surface area contributed by atoms with Crippen molar-refractivity contribution < 1.29 is 19.1 Å². The van der Waals surface area contributed by atoms with Crippen LogP contribution < -0.4 is 19.7 Å². The second-order valence-corrected chi connectivity index (χ2v) is 7.10. The first-order valence-electron chi connectivity index (χ1n) is 9.99. The van der Waals surface area contributed by atoms with Crippen molar-refractivity contribution in [1.29, 1.82) is 0 Å². The number of nitrogens with one attached hydrogen (secondary N) is 1. The maximum absolute atomic E-state index is 13.2. The van der Waals surface area contributed by atoms with Crippen LogP contribution in [0.3, 0.4) is 0 Å². The molecule has 1 N–H and O–H groups in total. The second kappa shape index (κ2) is 10.0. The Bertz CT molecular complexity index is 1040. The van der Waals surface area contributed by atoms with Crippen molar-refractivity contribution in [2.75, 3.05) is 18.1 Å². The Morgan fingerprint density at radius 3 is 2.45 bits per heavy atom. The molecule has 6 nitrogen and oxygen atoms in total. The lowest BCUT2D eigenvalue weighted by atomic mass is 10.1. The minimum atomic E-state index is -0.540. The van der Waals surface area contributed by atoms with Crippen LogP contribution in [0.5, 0.6) is 11.5 Å². The van der Waals surface area contributed by atoms with Crippen molar-refractivity contribution in [3.05, 3.63) is 71.8 Å². The maximum Gasteiger partial charge on any atom is 0.270 e. The molecule has 0 saturated carbocycles. The summed E-state index contributed by atoms with van der Waals surface area (Å²) in [5.74, 6) is 0.0522. The fourth-order valence-electron chi connectivity index (χ4n) is 3.09. The number of anilines is 1. The molecule has 0 unspecified atom stereocenters. The number of amides is 2. The monoisotopic (exact) mass is 436 g/mol. The van der Waals surface area contributed by atoms with Gasteiger partial charge in [0.1, 0.15) is 12.2 Å². The highest BCUT2D eigenvalue weighted by molar-refractivity contribution is 7.80. The normalized spacial score (nSPS) is 15.1. The second-order valence-electron chi connectivity index (χ2n) is 6.72. The molecule has 0 atom stereocenters. The Kier molecular flexibility index (Phi) is 7.20. The standard InChI is InChI=1S/C24H24N2O4S/c1-4-13-30-20-12-9-17(15-21(20)29-6-3)14-19-22(27)25-24(31)26(23(19)28)18-10-7-16(5-2)8-11-18/h4,7-12,14-15H,1,5-6,13H2,2-3H3,(H,25,27,31). The Balaban J connectivity index is 1.95. The Morgan fingerprint density at radius 1 is 1.06 bits per heavy atom. The van der Waals surface area contributed by atoms with E-state index in [1.165, 1.54) is 11.0 Å². The number of aryl methyl sites for hydroxylation is 1. The van der Waals surface area contributed by atoms with Crippen molar-refractivity contribution in [3.8, 4) is 11.5 Å². The number of hydrogen-bond donors (Lipinski definition) is 1. The molecule has 1 aliphatic rings. The zero-order valence-corrected chi connectivity index (χ0v) is 18.3. The summed E-state index contributed by atoms with van der Waals surface area (Å²) >= 11 is 5.26. The van der Waals surface area contributed by atoms with Crippen LogP contribution in [0.15, 0.2) is 60.7 Å². The summed E-state index contributed by atoms with van der Waals surface area (Å²) in [4.78, 5) is 27.0. The van der Waals surface area contributed by atoms with Gasteiger partial charge in [-0.15, -0.1) is 0 Å². The van der Waals surface area contributed by atoms with E-state index in [-0.39, 0.29) is 10.7 Å². The summed E-state index contributed by atoms with van der Waals surface area (Å²) < 4.78 is 11.2. The molecule has 2 amide bonds. The molecule has 0 aromatic heterocycles. The molecule has 2 aromatic carbocycles. The number of thiocarbonyl (C=S) groups is 1. The molecule has 1 aliphatic heterocycles. The molecule has 3 rings (SSSR count). The van der Waals surface area contributed by atoms with Gasteiger partial charge in [-0.1, -0.05) is 37.8 Å². The van der Waals surface area contributed by atoms with Gasteiger partial charge in [-0.2, -0.15) is 0 Å². The molecule has 1 fully saturated rings. The summed E-state index contributed by atoms with van der Waals surface area (Å²) in [7, 11) is 0. The van der Waals surface area contributed by atoms with Crippen LogP contribution in [-0.4, -0.2) is 30.1 Å². The fraction of sp³-hybridized carbons (Fsp3) is 0.208. The first-order chi connectivity index (χ1) is 15.0. The van der Waals surface area contributed by atoms with Gasteiger partial charge in [0.2, 0.25) is 0 Å². The molecule has 0 spiro atoms. The number of rotatable bonds is 8. The smallest absolute Gasteiger partial charge is 0.270 e. The average molecular weight is 437 g/mol. The van der Waals surface area contributed by atoms with E-state index < -0.39 is 11.8 Å². The first-order valence-corrected chi connectivity index (χ1v) is 10.4. The van der Waals surface area contributed by atoms with Crippen molar-refractivity contribution >= 4 is 40.9 Å². The summed E-state index contributed by atoms with van der Waals surface area (Å²) in [5, 5.41) is 2.65. The average Bonchev–Trinajstić information content (AvgIpc) is 2.76. The van der Waals surface area contributed by atoms with E-state index in [0.717, 1.165) is 12.0 Å². The van der Waals surface area contributed by atoms with Crippen molar-refractivity contribution in [3.63, 3.8) is 0 Å². The quantitative estimate of drug-likeness (QED) is 0.293.